The van der Waals surface area contributed by atoms with E-state index in [1.165, 1.54) is 0 Å². The van der Waals surface area contributed by atoms with Crippen molar-refractivity contribution in [3.05, 3.63) is 40.6 Å². The first-order valence-corrected chi connectivity index (χ1v) is 7.86. The number of hydrogen-bond acceptors (Lipinski definition) is 4. The van der Waals surface area contributed by atoms with Crippen LogP contribution in [0.25, 0.3) is 11.3 Å². The third kappa shape index (κ3) is 3.80. The van der Waals surface area contributed by atoms with E-state index in [0.29, 0.717) is 5.82 Å². The van der Waals surface area contributed by atoms with Crippen LogP contribution in [0.4, 0.5) is 5.82 Å². The highest BCUT2D eigenvalue weighted by molar-refractivity contribution is 9.10. The molecule has 1 N–H and O–H groups in total. The lowest BCUT2D eigenvalue weighted by atomic mass is 10.1. The fraction of sp³-hybridized carbons (Fsp3) is 0.375. The number of halogens is 1. The summed E-state index contributed by atoms with van der Waals surface area (Å²) in [6.45, 7) is 4.94. The van der Waals surface area contributed by atoms with Crippen LogP contribution in [-0.2, 0) is 4.74 Å². The number of nitrogens with zero attached hydrogens (tertiary/aromatic N) is 2. The molecule has 0 fully saturated rings. The van der Waals surface area contributed by atoms with Gasteiger partial charge in [0.2, 0.25) is 0 Å². The number of ether oxygens (including phenoxy) is 1. The predicted molar refractivity (Wildman–Crippen MR) is 89.4 cm³/mol. The average Bonchev–Trinajstić information content (AvgIpc) is 2.54. The number of hydrogen-bond donors (Lipinski definition) is 1. The highest BCUT2D eigenvalue weighted by Gasteiger charge is 2.17. The van der Waals surface area contributed by atoms with E-state index in [1.807, 2.05) is 37.3 Å². The van der Waals surface area contributed by atoms with E-state index in [0.717, 1.165) is 34.5 Å². The van der Waals surface area contributed by atoms with E-state index >= 15 is 0 Å². The maximum atomic E-state index is 5.36. The van der Waals surface area contributed by atoms with Crippen molar-refractivity contribution < 1.29 is 4.74 Å². The van der Waals surface area contributed by atoms with Crippen LogP contribution in [0.3, 0.4) is 0 Å². The van der Waals surface area contributed by atoms with Gasteiger partial charge in [-0.2, -0.15) is 0 Å². The zero-order valence-electron chi connectivity index (χ0n) is 12.6. The first kappa shape index (κ1) is 15.9. The Labute approximate surface area is 134 Å². The van der Waals surface area contributed by atoms with Crippen LogP contribution in [0.1, 0.15) is 32.2 Å². The molecule has 0 saturated heterocycles. The Hall–Kier alpha value is -1.46. The topological polar surface area (TPSA) is 47.0 Å². The number of rotatable bonds is 6. The Morgan fingerprint density at radius 3 is 2.57 bits per heavy atom. The highest BCUT2D eigenvalue weighted by atomic mass is 79.9. The standard InChI is InChI=1S/C16H20BrN3O/c1-4-10-18-16-13(17)14(12-8-6-5-7-9-12)19-15(20-16)11(2)21-3/h5-9,11H,4,10H2,1-3H3,(H,18,19,20). The Kier molecular flexibility index (Phi) is 5.70. The molecule has 0 aliphatic carbocycles. The van der Waals surface area contributed by atoms with Gasteiger partial charge in [-0.15, -0.1) is 0 Å². The molecule has 1 aromatic heterocycles. The number of aromatic nitrogens is 2. The van der Waals surface area contributed by atoms with Crippen molar-refractivity contribution in [1.29, 1.82) is 0 Å². The Morgan fingerprint density at radius 2 is 1.95 bits per heavy atom. The minimum atomic E-state index is -0.150. The summed E-state index contributed by atoms with van der Waals surface area (Å²) in [5.74, 6) is 1.49. The summed E-state index contributed by atoms with van der Waals surface area (Å²) in [6.07, 6.45) is 0.884. The van der Waals surface area contributed by atoms with Gasteiger partial charge in [-0.05, 0) is 29.3 Å². The van der Waals surface area contributed by atoms with Crippen LogP contribution in [-0.4, -0.2) is 23.6 Å². The molecule has 0 amide bonds. The summed E-state index contributed by atoms with van der Waals surface area (Å²) >= 11 is 3.63. The lowest BCUT2D eigenvalue weighted by Gasteiger charge is -2.15. The molecule has 0 aliphatic heterocycles. The molecule has 0 aliphatic rings. The van der Waals surface area contributed by atoms with Gasteiger partial charge in [0.05, 0.1) is 10.2 Å². The van der Waals surface area contributed by atoms with Crippen LogP contribution >= 0.6 is 15.9 Å². The fourth-order valence-electron chi connectivity index (χ4n) is 1.90. The zero-order chi connectivity index (χ0) is 15.2. The molecule has 112 valence electrons. The van der Waals surface area contributed by atoms with Gasteiger partial charge in [-0.3, -0.25) is 0 Å². The number of benzene rings is 1. The molecule has 2 rings (SSSR count). The van der Waals surface area contributed by atoms with Crippen molar-refractivity contribution >= 4 is 21.7 Å². The van der Waals surface area contributed by atoms with E-state index < -0.39 is 0 Å². The summed E-state index contributed by atoms with van der Waals surface area (Å²) in [7, 11) is 1.66. The first-order valence-electron chi connectivity index (χ1n) is 7.06. The number of methoxy groups -OCH3 is 1. The monoisotopic (exact) mass is 349 g/mol. The predicted octanol–water partition coefficient (Wildman–Crippen LogP) is 4.44. The molecule has 0 bridgehead atoms. The first-order chi connectivity index (χ1) is 10.2. The lowest BCUT2D eigenvalue weighted by molar-refractivity contribution is 0.112. The molecule has 4 nitrogen and oxygen atoms in total. The summed E-state index contributed by atoms with van der Waals surface area (Å²) < 4.78 is 6.24. The maximum absolute atomic E-state index is 5.36. The van der Waals surface area contributed by atoms with E-state index in [4.69, 9.17) is 4.74 Å². The summed E-state index contributed by atoms with van der Waals surface area (Å²) in [5, 5.41) is 3.34. The molecule has 0 spiro atoms. The van der Waals surface area contributed by atoms with E-state index in [-0.39, 0.29) is 6.10 Å². The zero-order valence-corrected chi connectivity index (χ0v) is 14.1. The molecule has 1 unspecified atom stereocenters. The Morgan fingerprint density at radius 1 is 1.24 bits per heavy atom. The third-order valence-electron chi connectivity index (χ3n) is 3.18. The van der Waals surface area contributed by atoms with Gasteiger partial charge >= 0.3 is 0 Å². The van der Waals surface area contributed by atoms with Gasteiger partial charge in [0.1, 0.15) is 11.9 Å². The van der Waals surface area contributed by atoms with Crippen LogP contribution in [0.5, 0.6) is 0 Å². The summed E-state index contributed by atoms with van der Waals surface area (Å²) in [6, 6.07) is 10.1. The Bertz CT molecular complexity index is 590. The number of nitrogens with one attached hydrogen (secondary N) is 1. The second-order valence-corrected chi connectivity index (χ2v) is 5.56. The smallest absolute Gasteiger partial charge is 0.159 e. The van der Waals surface area contributed by atoms with Crippen molar-refractivity contribution in [2.75, 3.05) is 19.0 Å². The van der Waals surface area contributed by atoms with Gasteiger partial charge in [0, 0.05) is 19.2 Å². The van der Waals surface area contributed by atoms with E-state index in [2.05, 4.69) is 38.1 Å². The van der Waals surface area contributed by atoms with Crippen LogP contribution in [0.2, 0.25) is 0 Å². The van der Waals surface area contributed by atoms with Gasteiger partial charge in [-0.25, -0.2) is 9.97 Å². The molecule has 0 radical (unpaired) electrons. The molecular weight excluding hydrogens is 330 g/mol. The molecule has 2 aromatic rings. The maximum Gasteiger partial charge on any atom is 0.159 e. The van der Waals surface area contributed by atoms with Gasteiger partial charge in [0.15, 0.2) is 5.82 Å². The molecule has 21 heavy (non-hydrogen) atoms. The van der Waals surface area contributed by atoms with Crippen LogP contribution in [0.15, 0.2) is 34.8 Å². The molecule has 1 heterocycles. The van der Waals surface area contributed by atoms with Gasteiger partial charge in [-0.1, -0.05) is 37.3 Å². The van der Waals surface area contributed by atoms with Crippen molar-refractivity contribution in [2.45, 2.75) is 26.4 Å². The van der Waals surface area contributed by atoms with Gasteiger partial charge < -0.3 is 10.1 Å². The Balaban J connectivity index is 2.52. The quantitative estimate of drug-likeness (QED) is 0.837. The average molecular weight is 350 g/mol. The van der Waals surface area contributed by atoms with E-state index in [9.17, 15) is 0 Å². The van der Waals surface area contributed by atoms with E-state index in [1.54, 1.807) is 7.11 Å². The minimum absolute atomic E-state index is 0.150. The second-order valence-electron chi connectivity index (χ2n) is 4.76. The number of anilines is 1. The van der Waals surface area contributed by atoms with Crippen molar-refractivity contribution in [1.82, 2.24) is 9.97 Å². The van der Waals surface area contributed by atoms with Crippen LogP contribution in [0, 0.1) is 0 Å². The lowest BCUT2D eigenvalue weighted by Crippen LogP contribution is -2.10. The van der Waals surface area contributed by atoms with Gasteiger partial charge in [0.25, 0.3) is 0 Å². The molecule has 1 aromatic carbocycles. The van der Waals surface area contributed by atoms with Crippen molar-refractivity contribution in [3.8, 4) is 11.3 Å². The molecule has 5 heteroatoms. The van der Waals surface area contributed by atoms with Crippen molar-refractivity contribution in [2.24, 2.45) is 0 Å². The largest absolute Gasteiger partial charge is 0.374 e. The van der Waals surface area contributed by atoms with Crippen molar-refractivity contribution in [3.63, 3.8) is 0 Å². The normalized spacial score (nSPS) is 12.2. The fourth-order valence-corrected chi connectivity index (χ4v) is 2.45. The summed E-state index contributed by atoms with van der Waals surface area (Å²) in [5.41, 5.74) is 1.93. The third-order valence-corrected chi connectivity index (χ3v) is 3.93. The molecule has 0 saturated carbocycles. The molecular formula is C16H20BrN3O. The SMILES string of the molecule is CCCNc1nc(C(C)OC)nc(-c2ccccc2)c1Br. The molecule has 1 atom stereocenters. The highest BCUT2D eigenvalue weighted by Crippen LogP contribution is 2.32. The summed E-state index contributed by atoms with van der Waals surface area (Å²) in [4.78, 5) is 9.23. The second kappa shape index (κ2) is 7.52. The van der Waals surface area contributed by atoms with Crippen LogP contribution < -0.4 is 5.32 Å². The minimum Gasteiger partial charge on any atom is -0.374 e.